The minimum absolute atomic E-state index is 0.0356. The van der Waals surface area contributed by atoms with Crippen molar-refractivity contribution in [3.63, 3.8) is 0 Å². The number of carbonyl (C=O) groups excluding carboxylic acids is 2. The van der Waals surface area contributed by atoms with Gasteiger partial charge in [-0.2, -0.15) is 0 Å². The van der Waals surface area contributed by atoms with E-state index in [0.717, 1.165) is 39.9 Å². The van der Waals surface area contributed by atoms with Gasteiger partial charge >= 0.3 is 6.03 Å². The molecule has 4 heterocycles. The summed E-state index contributed by atoms with van der Waals surface area (Å²) < 4.78 is 1.62. The van der Waals surface area contributed by atoms with E-state index in [2.05, 4.69) is 27.2 Å². The van der Waals surface area contributed by atoms with Crippen LogP contribution in [-0.4, -0.2) is 37.9 Å². The van der Waals surface area contributed by atoms with Crippen LogP contribution in [0.3, 0.4) is 0 Å². The van der Waals surface area contributed by atoms with Gasteiger partial charge in [0.15, 0.2) is 5.78 Å². The predicted molar refractivity (Wildman–Crippen MR) is 128 cm³/mol. The largest absolute Gasteiger partial charge is 0.345 e. The summed E-state index contributed by atoms with van der Waals surface area (Å²) in [6, 6.07) is 7.59. The van der Waals surface area contributed by atoms with Crippen molar-refractivity contribution in [2.75, 3.05) is 6.54 Å². The molecule has 0 fully saturated rings. The summed E-state index contributed by atoms with van der Waals surface area (Å²) in [7, 11) is 0. The van der Waals surface area contributed by atoms with Gasteiger partial charge in [-0.15, -0.1) is 0 Å². The molecule has 1 aliphatic carbocycles. The summed E-state index contributed by atoms with van der Waals surface area (Å²) in [6.07, 6.45) is 15.3. The van der Waals surface area contributed by atoms with Gasteiger partial charge in [0.25, 0.3) is 0 Å². The molecule has 0 aromatic carbocycles. The summed E-state index contributed by atoms with van der Waals surface area (Å²) >= 11 is 0. The van der Waals surface area contributed by atoms with Crippen molar-refractivity contribution in [2.24, 2.45) is 5.92 Å². The molecular weight excluding hydrogens is 414 g/mol. The lowest BCUT2D eigenvalue weighted by atomic mass is 9.91. The number of H-pyrrole nitrogens is 1. The fourth-order valence-corrected chi connectivity index (χ4v) is 4.26. The van der Waals surface area contributed by atoms with Crippen LogP contribution in [0.15, 0.2) is 55.2 Å². The number of aromatic nitrogens is 4. The van der Waals surface area contributed by atoms with Crippen LogP contribution in [0.2, 0.25) is 0 Å². The minimum atomic E-state index is -0.294. The van der Waals surface area contributed by atoms with Crippen molar-refractivity contribution < 1.29 is 9.59 Å². The molecule has 33 heavy (non-hydrogen) atoms. The Hall–Kier alpha value is -4.00. The molecule has 0 spiro atoms. The van der Waals surface area contributed by atoms with Gasteiger partial charge in [0.1, 0.15) is 5.65 Å². The molecule has 1 unspecified atom stereocenters. The van der Waals surface area contributed by atoms with Crippen molar-refractivity contribution in [3.8, 4) is 11.1 Å². The molecule has 2 N–H and O–H groups in total. The van der Waals surface area contributed by atoms with E-state index in [1.54, 1.807) is 35.6 Å². The van der Waals surface area contributed by atoms with Gasteiger partial charge in [0.2, 0.25) is 0 Å². The Balaban J connectivity index is 1.43. The normalized spacial score (nSPS) is 14.9. The fraction of sp³-hybridized carbons (Fsp3) is 0.231. The molecule has 4 aromatic rings. The zero-order valence-corrected chi connectivity index (χ0v) is 18.4. The average molecular weight is 440 g/mol. The standard InChI is InChI=1S/C26H25N5O2/c1-2-3-10-28-26(33)31-11-8-17-12-18(6-7-23(17)31)24(32)22-16-30-25-21(22)13-20(15-29-25)19-5-4-9-27-14-19/h4-5,7-9,11-16,18H,2-3,6,10H2,1H3,(H,28,33)(H,29,30). The van der Waals surface area contributed by atoms with E-state index in [1.165, 1.54) is 0 Å². The van der Waals surface area contributed by atoms with E-state index < -0.39 is 0 Å². The molecule has 1 atom stereocenters. The first-order valence-corrected chi connectivity index (χ1v) is 11.2. The molecule has 166 valence electrons. The van der Waals surface area contributed by atoms with Crippen LogP contribution < -0.4 is 15.9 Å². The number of fused-ring (bicyclic) bond motifs is 2. The Kier molecular flexibility index (Phi) is 5.60. The molecule has 1 amide bonds. The maximum Gasteiger partial charge on any atom is 0.326 e. The molecule has 0 bridgehead atoms. The lowest BCUT2D eigenvalue weighted by molar-refractivity contribution is 0.0956. The maximum atomic E-state index is 13.5. The smallest absolute Gasteiger partial charge is 0.326 e. The molecule has 1 aliphatic rings. The molecule has 7 heteroatoms. The Bertz CT molecular complexity index is 1450. The van der Waals surface area contributed by atoms with Crippen LogP contribution in [0.25, 0.3) is 34.3 Å². The van der Waals surface area contributed by atoms with Crippen molar-refractivity contribution in [2.45, 2.75) is 26.2 Å². The lowest BCUT2D eigenvalue weighted by Gasteiger charge is -2.13. The number of amides is 1. The topological polar surface area (TPSA) is 92.7 Å². The van der Waals surface area contributed by atoms with Gasteiger partial charge in [0.05, 0.1) is 5.35 Å². The molecule has 0 radical (unpaired) electrons. The van der Waals surface area contributed by atoms with E-state index >= 15 is 0 Å². The van der Waals surface area contributed by atoms with Crippen LogP contribution in [0.4, 0.5) is 4.79 Å². The molecular formula is C26H25N5O2. The van der Waals surface area contributed by atoms with Crippen LogP contribution in [0.1, 0.15) is 36.5 Å². The van der Waals surface area contributed by atoms with E-state index in [1.807, 2.05) is 36.4 Å². The number of rotatable bonds is 6. The molecule has 7 nitrogen and oxygen atoms in total. The molecule has 5 rings (SSSR count). The fourth-order valence-electron chi connectivity index (χ4n) is 4.26. The number of Topliss-reactive ketones (excluding diaryl/α,β-unsaturated/α-hetero) is 1. The van der Waals surface area contributed by atoms with Crippen molar-refractivity contribution in [1.82, 2.24) is 24.8 Å². The number of unbranched alkanes of at least 4 members (excludes halogenated alkanes) is 1. The third-order valence-corrected chi connectivity index (χ3v) is 6.06. The third kappa shape index (κ3) is 3.98. The summed E-state index contributed by atoms with van der Waals surface area (Å²) in [5.41, 5.74) is 3.17. The quantitative estimate of drug-likeness (QED) is 0.356. The van der Waals surface area contributed by atoms with Gasteiger partial charge in [-0.1, -0.05) is 31.6 Å². The first kappa shape index (κ1) is 20.9. The highest BCUT2D eigenvalue weighted by atomic mass is 16.2. The number of carbonyl (C=O) groups is 2. The van der Waals surface area contributed by atoms with E-state index in [0.29, 0.717) is 24.2 Å². The number of nitrogens with zero attached hydrogens (tertiary/aromatic N) is 3. The highest BCUT2D eigenvalue weighted by Gasteiger charge is 2.23. The van der Waals surface area contributed by atoms with Crippen molar-refractivity contribution in [3.05, 3.63) is 71.4 Å². The van der Waals surface area contributed by atoms with Gasteiger partial charge in [0, 0.05) is 65.5 Å². The number of hydrogen-bond donors (Lipinski definition) is 2. The molecule has 0 aliphatic heterocycles. The number of nitrogens with one attached hydrogen (secondary N) is 2. The minimum Gasteiger partial charge on any atom is -0.345 e. The van der Waals surface area contributed by atoms with Crippen molar-refractivity contribution in [1.29, 1.82) is 0 Å². The van der Waals surface area contributed by atoms with Gasteiger partial charge < -0.3 is 10.3 Å². The van der Waals surface area contributed by atoms with Gasteiger partial charge in [-0.25, -0.2) is 9.78 Å². The van der Waals surface area contributed by atoms with Crippen LogP contribution in [0.5, 0.6) is 0 Å². The van der Waals surface area contributed by atoms with Crippen LogP contribution in [0, 0.1) is 5.92 Å². The summed E-state index contributed by atoms with van der Waals surface area (Å²) in [6.45, 7) is 2.75. The monoisotopic (exact) mass is 439 g/mol. The second-order valence-corrected chi connectivity index (χ2v) is 8.25. The predicted octanol–water partition coefficient (Wildman–Crippen LogP) is 3.25. The van der Waals surface area contributed by atoms with E-state index in [-0.39, 0.29) is 17.7 Å². The Morgan fingerprint density at radius 2 is 2.15 bits per heavy atom. The first-order chi connectivity index (χ1) is 16.2. The van der Waals surface area contributed by atoms with Gasteiger partial charge in [-0.05, 0) is 36.3 Å². The highest BCUT2D eigenvalue weighted by Crippen LogP contribution is 2.27. The second kappa shape index (κ2) is 8.86. The molecule has 0 saturated carbocycles. The number of ketones is 1. The number of aromatic amines is 1. The van der Waals surface area contributed by atoms with E-state index in [9.17, 15) is 9.59 Å². The maximum absolute atomic E-state index is 13.5. The average Bonchev–Trinajstić information content (AvgIpc) is 3.47. The first-order valence-electron chi connectivity index (χ1n) is 11.2. The Morgan fingerprint density at radius 1 is 1.24 bits per heavy atom. The van der Waals surface area contributed by atoms with Crippen molar-refractivity contribution >= 4 is 35.0 Å². The zero-order valence-electron chi connectivity index (χ0n) is 18.4. The van der Waals surface area contributed by atoms with Crippen LogP contribution in [-0.2, 0) is 0 Å². The SMILES string of the molecule is CCCCNC(=O)n1ccc2c1=CCC(C(=O)c1c[nH]c3ncc(-c4cccnc4)cc13)C=2. The summed E-state index contributed by atoms with van der Waals surface area (Å²) in [4.78, 5) is 37.7. The number of pyridine rings is 2. The molecule has 4 aromatic heterocycles. The zero-order chi connectivity index (χ0) is 22.8. The lowest BCUT2D eigenvalue weighted by Crippen LogP contribution is -2.41. The van der Waals surface area contributed by atoms with Gasteiger partial charge in [-0.3, -0.25) is 14.3 Å². The van der Waals surface area contributed by atoms with E-state index in [4.69, 9.17) is 0 Å². The summed E-state index contributed by atoms with van der Waals surface area (Å²) in [5, 5.41) is 5.48. The molecule has 0 saturated heterocycles. The Morgan fingerprint density at radius 3 is 2.97 bits per heavy atom. The summed E-state index contributed by atoms with van der Waals surface area (Å²) in [5.74, 6) is -0.258. The second-order valence-electron chi connectivity index (χ2n) is 8.25. The number of hydrogen-bond acceptors (Lipinski definition) is 4. The highest BCUT2D eigenvalue weighted by molar-refractivity contribution is 6.11. The third-order valence-electron chi connectivity index (χ3n) is 6.06. The van der Waals surface area contributed by atoms with Crippen LogP contribution >= 0.6 is 0 Å². The Labute approximate surface area is 190 Å².